The lowest BCUT2D eigenvalue weighted by Crippen LogP contribution is -2.21. The Labute approximate surface area is 113 Å². The van der Waals surface area contributed by atoms with Crippen LogP contribution in [-0.4, -0.2) is 9.78 Å². The first-order valence-electron chi connectivity index (χ1n) is 6.62. The predicted octanol–water partition coefficient (Wildman–Crippen LogP) is 3.60. The molecule has 98 valence electrons. The number of nitrogens with zero attached hydrogens (tertiary/aromatic N) is 2. The lowest BCUT2D eigenvalue weighted by molar-refractivity contribution is 0.481. The van der Waals surface area contributed by atoms with Crippen molar-refractivity contribution in [2.75, 3.05) is 0 Å². The average Bonchev–Trinajstić information content (AvgIpc) is 3.05. The summed E-state index contributed by atoms with van der Waals surface area (Å²) >= 11 is 1.83. The number of aromatic nitrogens is 2. The molecule has 2 heterocycles. The van der Waals surface area contributed by atoms with E-state index in [1.807, 2.05) is 22.2 Å². The lowest BCUT2D eigenvalue weighted by Gasteiger charge is -2.17. The molecule has 1 atom stereocenters. The number of nitrogens with one attached hydrogen (secondary N) is 1. The zero-order chi connectivity index (χ0) is 12.8. The molecule has 18 heavy (non-hydrogen) atoms. The molecule has 0 spiro atoms. The minimum Gasteiger partial charge on any atom is -0.304 e. The molecule has 0 aliphatic carbocycles. The van der Waals surface area contributed by atoms with Gasteiger partial charge in [0.25, 0.3) is 0 Å². The van der Waals surface area contributed by atoms with Crippen molar-refractivity contribution < 1.29 is 0 Å². The molecule has 0 aliphatic rings. The minimum absolute atomic E-state index is 0.468. The fraction of sp³-hybridized carbons (Fsp3) is 0.500. The maximum Gasteiger partial charge on any atom is 0.0522 e. The van der Waals surface area contributed by atoms with Gasteiger partial charge in [0.2, 0.25) is 0 Å². The van der Waals surface area contributed by atoms with E-state index in [9.17, 15) is 0 Å². The zero-order valence-corrected chi connectivity index (χ0v) is 11.9. The third kappa shape index (κ3) is 3.21. The van der Waals surface area contributed by atoms with Gasteiger partial charge >= 0.3 is 0 Å². The normalized spacial score (nSPS) is 12.8. The van der Waals surface area contributed by atoms with E-state index in [-0.39, 0.29) is 0 Å². The van der Waals surface area contributed by atoms with E-state index >= 15 is 0 Å². The Morgan fingerprint density at radius 3 is 2.94 bits per heavy atom. The fourth-order valence-electron chi connectivity index (χ4n) is 2.15. The minimum atomic E-state index is 0.468. The summed E-state index contributed by atoms with van der Waals surface area (Å²) in [5.74, 6) is 0. The van der Waals surface area contributed by atoms with E-state index in [1.165, 1.54) is 23.4 Å². The molecule has 0 bridgehead atoms. The van der Waals surface area contributed by atoms with Crippen molar-refractivity contribution >= 4 is 11.3 Å². The van der Waals surface area contributed by atoms with Crippen LogP contribution in [0, 0.1) is 0 Å². The molecule has 4 heteroatoms. The highest BCUT2D eigenvalue weighted by Crippen LogP contribution is 2.23. The highest BCUT2D eigenvalue weighted by Gasteiger charge is 2.11. The predicted molar refractivity (Wildman–Crippen MR) is 76.7 cm³/mol. The van der Waals surface area contributed by atoms with E-state index in [0.717, 1.165) is 13.1 Å². The largest absolute Gasteiger partial charge is 0.304 e. The fourth-order valence-corrected chi connectivity index (χ4v) is 2.98. The third-order valence-electron chi connectivity index (χ3n) is 3.10. The third-order valence-corrected chi connectivity index (χ3v) is 4.08. The summed E-state index contributed by atoms with van der Waals surface area (Å²) in [5, 5.41) is 10.1. The molecule has 2 aromatic rings. The second-order valence-corrected chi connectivity index (χ2v) is 5.36. The van der Waals surface area contributed by atoms with Crippen LogP contribution in [0.25, 0.3) is 0 Å². The molecule has 0 radical (unpaired) electrons. The molecular weight excluding hydrogens is 242 g/mol. The van der Waals surface area contributed by atoms with Gasteiger partial charge in [-0.25, -0.2) is 0 Å². The van der Waals surface area contributed by atoms with E-state index < -0.39 is 0 Å². The number of thiophene rings is 1. The molecule has 0 fully saturated rings. The topological polar surface area (TPSA) is 29.9 Å². The summed E-state index contributed by atoms with van der Waals surface area (Å²) in [6.07, 6.45) is 4.25. The lowest BCUT2D eigenvalue weighted by atomic mass is 10.1. The van der Waals surface area contributed by atoms with Gasteiger partial charge in [0.15, 0.2) is 0 Å². The summed E-state index contributed by atoms with van der Waals surface area (Å²) in [4.78, 5) is 1.43. The van der Waals surface area contributed by atoms with E-state index in [1.54, 1.807) is 0 Å². The monoisotopic (exact) mass is 263 g/mol. The molecule has 0 saturated carbocycles. The number of hydrogen-bond donors (Lipinski definition) is 1. The van der Waals surface area contributed by atoms with E-state index in [0.29, 0.717) is 6.04 Å². The molecule has 0 amide bonds. The van der Waals surface area contributed by atoms with Gasteiger partial charge in [-0.05, 0) is 30.9 Å². The Morgan fingerprint density at radius 2 is 2.28 bits per heavy atom. The molecule has 0 aromatic carbocycles. The van der Waals surface area contributed by atoms with Crippen LogP contribution in [0.3, 0.4) is 0 Å². The number of rotatable bonds is 7. The van der Waals surface area contributed by atoms with Gasteiger partial charge in [-0.2, -0.15) is 5.10 Å². The Hall–Kier alpha value is -1.13. The summed E-state index contributed by atoms with van der Waals surface area (Å²) in [5.41, 5.74) is 1.26. The van der Waals surface area contributed by atoms with Crippen molar-refractivity contribution in [3.05, 3.63) is 40.3 Å². The van der Waals surface area contributed by atoms with Gasteiger partial charge < -0.3 is 5.32 Å². The van der Waals surface area contributed by atoms with Crippen LogP contribution in [-0.2, 0) is 13.1 Å². The van der Waals surface area contributed by atoms with Gasteiger partial charge in [-0.15, -0.1) is 11.3 Å². The van der Waals surface area contributed by atoms with Crippen molar-refractivity contribution in [2.24, 2.45) is 0 Å². The van der Waals surface area contributed by atoms with Crippen LogP contribution in [0.4, 0.5) is 0 Å². The van der Waals surface area contributed by atoms with Crippen LogP contribution in [0.2, 0.25) is 0 Å². The maximum absolute atomic E-state index is 4.30. The maximum atomic E-state index is 4.30. The van der Waals surface area contributed by atoms with E-state index in [2.05, 4.69) is 47.8 Å². The quantitative estimate of drug-likeness (QED) is 0.827. The molecule has 1 N–H and O–H groups in total. The molecule has 0 saturated heterocycles. The Balaban J connectivity index is 1.98. The first-order chi connectivity index (χ1) is 8.85. The molecular formula is C14H21N3S. The Morgan fingerprint density at radius 1 is 1.39 bits per heavy atom. The number of hydrogen-bond acceptors (Lipinski definition) is 3. The van der Waals surface area contributed by atoms with Crippen molar-refractivity contribution in [3.63, 3.8) is 0 Å². The molecule has 2 aromatic heterocycles. The van der Waals surface area contributed by atoms with Gasteiger partial charge in [-0.1, -0.05) is 19.4 Å². The molecule has 2 rings (SSSR count). The van der Waals surface area contributed by atoms with Crippen LogP contribution < -0.4 is 5.32 Å². The Kier molecular flexibility index (Phi) is 4.96. The molecule has 0 aliphatic heterocycles. The van der Waals surface area contributed by atoms with Crippen LogP contribution in [0.15, 0.2) is 29.8 Å². The SMILES string of the molecule is CCCC(NCc1ccnn1CC)c1cccs1. The van der Waals surface area contributed by atoms with Crippen LogP contribution in [0.1, 0.15) is 43.3 Å². The summed E-state index contributed by atoms with van der Waals surface area (Å²) < 4.78 is 2.05. The van der Waals surface area contributed by atoms with Gasteiger partial charge in [-0.3, -0.25) is 4.68 Å². The average molecular weight is 263 g/mol. The van der Waals surface area contributed by atoms with Crippen LogP contribution in [0.5, 0.6) is 0 Å². The molecule has 3 nitrogen and oxygen atoms in total. The van der Waals surface area contributed by atoms with Gasteiger partial charge in [0.1, 0.15) is 0 Å². The second kappa shape index (κ2) is 6.71. The highest BCUT2D eigenvalue weighted by molar-refractivity contribution is 7.10. The van der Waals surface area contributed by atoms with Crippen molar-refractivity contribution in [3.8, 4) is 0 Å². The summed E-state index contributed by atoms with van der Waals surface area (Å²) in [6, 6.07) is 6.90. The van der Waals surface area contributed by atoms with Crippen molar-refractivity contribution in [2.45, 2.75) is 45.8 Å². The van der Waals surface area contributed by atoms with Crippen molar-refractivity contribution in [1.82, 2.24) is 15.1 Å². The zero-order valence-electron chi connectivity index (χ0n) is 11.1. The Bertz CT molecular complexity index is 447. The van der Waals surface area contributed by atoms with Gasteiger partial charge in [0.05, 0.1) is 5.69 Å². The highest BCUT2D eigenvalue weighted by atomic mass is 32.1. The van der Waals surface area contributed by atoms with Gasteiger partial charge in [0, 0.05) is 30.2 Å². The summed E-state index contributed by atoms with van der Waals surface area (Å²) in [6.45, 7) is 6.18. The first-order valence-corrected chi connectivity index (χ1v) is 7.50. The first kappa shape index (κ1) is 13.3. The second-order valence-electron chi connectivity index (χ2n) is 4.38. The summed E-state index contributed by atoms with van der Waals surface area (Å²) in [7, 11) is 0. The van der Waals surface area contributed by atoms with Crippen molar-refractivity contribution in [1.29, 1.82) is 0 Å². The smallest absolute Gasteiger partial charge is 0.0522 e. The standard InChI is InChI=1S/C14H21N3S/c1-3-6-13(14-7-5-10-18-14)15-11-12-8-9-16-17(12)4-2/h5,7-10,13,15H,3-4,6,11H2,1-2H3. The molecule has 1 unspecified atom stereocenters. The number of aryl methyl sites for hydroxylation is 1. The van der Waals surface area contributed by atoms with E-state index in [4.69, 9.17) is 0 Å². The van der Waals surface area contributed by atoms with Crippen LogP contribution >= 0.6 is 11.3 Å².